The number of H-pyrrole nitrogens is 1. The van der Waals surface area contributed by atoms with Gasteiger partial charge in [-0.25, -0.2) is 4.68 Å². The number of nitrogens with one attached hydrogen (secondary N) is 2. The van der Waals surface area contributed by atoms with Crippen molar-refractivity contribution in [2.45, 2.75) is 51.1 Å². The molecule has 1 fully saturated rings. The van der Waals surface area contributed by atoms with Crippen molar-refractivity contribution >= 4 is 23.0 Å². The van der Waals surface area contributed by atoms with Crippen LogP contribution in [0.4, 0.5) is 0 Å². The maximum atomic E-state index is 12.3. The van der Waals surface area contributed by atoms with E-state index in [4.69, 9.17) is 0 Å². The van der Waals surface area contributed by atoms with Gasteiger partial charge in [-0.1, -0.05) is 12.8 Å². The second kappa shape index (κ2) is 6.84. The summed E-state index contributed by atoms with van der Waals surface area (Å²) in [6.07, 6.45) is 8.11. The SMILES string of the molecule is CC(C)n1ncc2cc(/C=C/C(=O)NC3(CO)CCCC3)c(=O)[nH]c21. The third-order valence-corrected chi connectivity index (χ3v) is 4.78. The molecule has 134 valence electrons. The first-order chi connectivity index (χ1) is 11.9. The zero-order valence-electron chi connectivity index (χ0n) is 14.6. The minimum absolute atomic E-state index is 0.0620. The number of hydrogen-bond donors (Lipinski definition) is 3. The Morgan fingerprint density at radius 2 is 2.20 bits per heavy atom. The van der Waals surface area contributed by atoms with Crippen molar-refractivity contribution in [1.29, 1.82) is 0 Å². The third kappa shape index (κ3) is 3.51. The fraction of sp³-hybridized carbons (Fsp3) is 0.500. The van der Waals surface area contributed by atoms with Gasteiger partial charge in [0.15, 0.2) is 0 Å². The lowest BCUT2D eigenvalue weighted by Gasteiger charge is -2.27. The number of aromatic amines is 1. The molecule has 1 saturated carbocycles. The minimum atomic E-state index is -0.518. The highest BCUT2D eigenvalue weighted by atomic mass is 16.3. The Morgan fingerprint density at radius 1 is 1.48 bits per heavy atom. The van der Waals surface area contributed by atoms with E-state index in [1.165, 1.54) is 12.2 Å². The molecular weight excluding hydrogens is 320 g/mol. The summed E-state index contributed by atoms with van der Waals surface area (Å²) in [4.78, 5) is 27.3. The molecule has 0 atom stereocenters. The van der Waals surface area contributed by atoms with E-state index in [1.54, 1.807) is 16.9 Å². The van der Waals surface area contributed by atoms with Gasteiger partial charge < -0.3 is 15.4 Å². The van der Waals surface area contributed by atoms with Crippen LogP contribution in [0.15, 0.2) is 23.1 Å². The van der Waals surface area contributed by atoms with Crippen LogP contribution in [-0.2, 0) is 4.79 Å². The van der Waals surface area contributed by atoms with E-state index in [9.17, 15) is 14.7 Å². The van der Waals surface area contributed by atoms with Crippen molar-refractivity contribution in [3.63, 3.8) is 0 Å². The number of fused-ring (bicyclic) bond motifs is 1. The number of carbonyl (C=O) groups is 1. The van der Waals surface area contributed by atoms with Crippen LogP contribution in [-0.4, -0.2) is 37.9 Å². The van der Waals surface area contributed by atoms with Gasteiger partial charge in [0, 0.05) is 23.1 Å². The number of carbonyl (C=O) groups excluding carboxylic acids is 1. The number of aliphatic hydroxyl groups is 1. The van der Waals surface area contributed by atoms with E-state index < -0.39 is 5.54 Å². The van der Waals surface area contributed by atoms with Crippen LogP contribution in [0.3, 0.4) is 0 Å². The molecule has 0 radical (unpaired) electrons. The Bertz CT molecular complexity index is 857. The lowest BCUT2D eigenvalue weighted by atomic mass is 9.99. The van der Waals surface area contributed by atoms with Crippen molar-refractivity contribution in [1.82, 2.24) is 20.1 Å². The summed E-state index contributed by atoms with van der Waals surface area (Å²) < 4.78 is 1.75. The smallest absolute Gasteiger partial charge is 0.256 e. The molecule has 1 aliphatic rings. The van der Waals surface area contributed by atoms with Gasteiger partial charge in [-0.05, 0) is 38.8 Å². The van der Waals surface area contributed by atoms with Gasteiger partial charge >= 0.3 is 0 Å². The lowest BCUT2D eigenvalue weighted by Crippen LogP contribution is -2.48. The van der Waals surface area contributed by atoms with Gasteiger partial charge in [0.05, 0.1) is 18.3 Å². The van der Waals surface area contributed by atoms with E-state index in [0.29, 0.717) is 11.2 Å². The van der Waals surface area contributed by atoms with Crippen LogP contribution < -0.4 is 10.9 Å². The molecule has 7 nitrogen and oxygen atoms in total. The standard InChI is InChI=1S/C18H24N4O3/c1-12(2)22-16-14(10-19-22)9-13(17(25)20-16)5-6-15(24)21-18(11-23)7-3-4-8-18/h5-6,9-10,12,23H,3-4,7-8,11H2,1-2H3,(H,20,25)(H,21,24)/b6-5+. The molecular formula is C18H24N4O3. The van der Waals surface area contributed by atoms with Crippen molar-refractivity contribution in [3.05, 3.63) is 34.3 Å². The number of nitrogens with zero attached hydrogens (tertiary/aromatic N) is 2. The molecule has 2 aromatic rings. The topological polar surface area (TPSA) is 100 Å². The van der Waals surface area contributed by atoms with Gasteiger partial charge in [-0.2, -0.15) is 5.10 Å². The molecule has 2 aromatic heterocycles. The summed E-state index contributed by atoms with van der Waals surface area (Å²) in [5.74, 6) is -0.298. The Kier molecular flexibility index (Phi) is 4.76. The molecule has 0 bridgehead atoms. The Hall–Kier alpha value is -2.41. The highest BCUT2D eigenvalue weighted by Gasteiger charge is 2.33. The van der Waals surface area contributed by atoms with Crippen LogP contribution in [0, 0.1) is 0 Å². The van der Waals surface area contributed by atoms with E-state index >= 15 is 0 Å². The minimum Gasteiger partial charge on any atom is -0.394 e. The Labute approximate surface area is 145 Å². The van der Waals surface area contributed by atoms with Gasteiger partial charge in [0.1, 0.15) is 5.65 Å². The number of amides is 1. The number of aliphatic hydroxyl groups excluding tert-OH is 1. The fourth-order valence-electron chi connectivity index (χ4n) is 3.38. The predicted molar refractivity (Wildman–Crippen MR) is 96.2 cm³/mol. The normalized spacial score (nSPS) is 17.0. The zero-order chi connectivity index (χ0) is 18.0. The van der Waals surface area contributed by atoms with Crippen LogP contribution in [0.25, 0.3) is 17.1 Å². The van der Waals surface area contributed by atoms with Crippen molar-refractivity contribution in [2.75, 3.05) is 6.61 Å². The summed E-state index contributed by atoms with van der Waals surface area (Å²) in [5.41, 5.74) is 0.287. The largest absolute Gasteiger partial charge is 0.394 e. The highest BCUT2D eigenvalue weighted by molar-refractivity contribution is 5.92. The molecule has 25 heavy (non-hydrogen) atoms. The van der Waals surface area contributed by atoms with E-state index in [2.05, 4.69) is 15.4 Å². The molecule has 1 aliphatic carbocycles. The molecule has 1 amide bonds. The van der Waals surface area contributed by atoms with Gasteiger partial charge in [0.25, 0.3) is 5.56 Å². The molecule has 0 aromatic carbocycles. The number of aromatic nitrogens is 3. The summed E-state index contributed by atoms with van der Waals surface area (Å²) in [7, 11) is 0. The summed E-state index contributed by atoms with van der Waals surface area (Å²) in [6.45, 7) is 3.92. The van der Waals surface area contributed by atoms with Gasteiger partial charge in [-0.15, -0.1) is 0 Å². The highest BCUT2D eigenvalue weighted by Crippen LogP contribution is 2.29. The molecule has 0 unspecified atom stereocenters. The molecule has 0 saturated heterocycles. The second-order valence-corrected chi connectivity index (χ2v) is 7.01. The lowest BCUT2D eigenvalue weighted by molar-refractivity contribution is -0.118. The molecule has 3 rings (SSSR count). The van der Waals surface area contributed by atoms with Crippen LogP contribution >= 0.6 is 0 Å². The fourth-order valence-corrected chi connectivity index (χ4v) is 3.38. The van der Waals surface area contributed by atoms with Crippen molar-refractivity contribution in [2.24, 2.45) is 0 Å². The molecule has 3 N–H and O–H groups in total. The summed E-state index contributed by atoms with van der Waals surface area (Å²) in [5, 5.41) is 17.5. The average molecular weight is 344 g/mol. The molecule has 0 spiro atoms. The number of pyridine rings is 1. The summed E-state index contributed by atoms with van der Waals surface area (Å²) >= 11 is 0. The van der Waals surface area contributed by atoms with E-state index in [-0.39, 0.29) is 24.1 Å². The molecule has 0 aliphatic heterocycles. The Morgan fingerprint density at radius 3 is 2.84 bits per heavy atom. The first-order valence-corrected chi connectivity index (χ1v) is 8.66. The molecule has 2 heterocycles. The maximum absolute atomic E-state index is 12.3. The molecule has 7 heteroatoms. The van der Waals surface area contributed by atoms with Crippen LogP contribution in [0.1, 0.15) is 51.1 Å². The van der Waals surface area contributed by atoms with Crippen LogP contribution in [0.2, 0.25) is 0 Å². The second-order valence-electron chi connectivity index (χ2n) is 7.01. The van der Waals surface area contributed by atoms with Crippen molar-refractivity contribution in [3.8, 4) is 0 Å². The number of rotatable bonds is 5. The average Bonchev–Trinajstić information content (AvgIpc) is 3.19. The third-order valence-electron chi connectivity index (χ3n) is 4.78. The first kappa shape index (κ1) is 17.4. The monoisotopic (exact) mass is 344 g/mol. The quantitative estimate of drug-likeness (QED) is 0.719. The number of hydrogen-bond acceptors (Lipinski definition) is 4. The maximum Gasteiger partial charge on any atom is 0.256 e. The zero-order valence-corrected chi connectivity index (χ0v) is 14.6. The summed E-state index contributed by atoms with van der Waals surface area (Å²) in [6, 6.07) is 1.86. The van der Waals surface area contributed by atoms with Gasteiger partial charge in [-0.3, -0.25) is 9.59 Å². The predicted octanol–water partition coefficient (Wildman–Crippen LogP) is 1.74. The van der Waals surface area contributed by atoms with E-state index in [0.717, 1.165) is 31.1 Å². The van der Waals surface area contributed by atoms with E-state index in [1.807, 2.05) is 13.8 Å². The van der Waals surface area contributed by atoms with Gasteiger partial charge in [0.2, 0.25) is 5.91 Å². The van der Waals surface area contributed by atoms with Crippen molar-refractivity contribution < 1.29 is 9.90 Å². The first-order valence-electron chi connectivity index (χ1n) is 8.66. The Balaban J connectivity index is 1.80. The van der Waals surface area contributed by atoms with Crippen LogP contribution in [0.5, 0.6) is 0 Å².